The van der Waals surface area contributed by atoms with Gasteiger partial charge >= 0.3 is 5.97 Å². The summed E-state index contributed by atoms with van der Waals surface area (Å²) in [5.41, 5.74) is 1.25. The first-order valence-corrected chi connectivity index (χ1v) is 6.51. The van der Waals surface area contributed by atoms with E-state index < -0.39 is 5.97 Å². The second-order valence-corrected chi connectivity index (χ2v) is 4.90. The average Bonchev–Trinajstić information content (AvgIpc) is 2.82. The van der Waals surface area contributed by atoms with E-state index in [9.17, 15) is 4.79 Å². The molecule has 0 aliphatic carbocycles. The molecule has 0 amide bonds. The van der Waals surface area contributed by atoms with Gasteiger partial charge in [0, 0.05) is 12.4 Å². The van der Waals surface area contributed by atoms with Crippen LogP contribution in [0.15, 0.2) is 40.9 Å². The Kier molecular flexibility index (Phi) is 3.07. The van der Waals surface area contributed by atoms with E-state index in [4.69, 9.17) is 5.11 Å². The highest BCUT2D eigenvalue weighted by Crippen LogP contribution is 2.23. The van der Waals surface area contributed by atoms with Crippen LogP contribution in [0.25, 0.3) is 5.65 Å². The van der Waals surface area contributed by atoms with Crippen molar-refractivity contribution < 1.29 is 9.90 Å². The maximum atomic E-state index is 10.9. The van der Waals surface area contributed by atoms with Gasteiger partial charge in [-0.05, 0) is 30.8 Å². The van der Waals surface area contributed by atoms with E-state index in [-0.39, 0.29) is 5.56 Å². The highest BCUT2D eigenvalue weighted by molar-refractivity contribution is 7.99. The monoisotopic (exact) mass is 287 g/mol. The van der Waals surface area contributed by atoms with Gasteiger partial charge < -0.3 is 5.11 Å². The third kappa shape index (κ3) is 2.21. The summed E-state index contributed by atoms with van der Waals surface area (Å²) >= 11 is 1.23. The number of aromatic carboxylic acids is 1. The zero-order chi connectivity index (χ0) is 14.1. The molecule has 0 aliphatic rings. The molecule has 0 fully saturated rings. The van der Waals surface area contributed by atoms with Crippen molar-refractivity contribution in [3.05, 3.63) is 41.9 Å². The van der Waals surface area contributed by atoms with Gasteiger partial charge in [0.15, 0.2) is 10.8 Å². The summed E-state index contributed by atoms with van der Waals surface area (Å²) in [7, 11) is 0. The number of aryl methyl sites for hydroxylation is 1. The second-order valence-electron chi connectivity index (χ2n) is 3.97. The predicted octanol–water partition coefficient (Wildman–Crippen LogP) is 1.68. The number of fused-ring (bicyclic) bond motifs is 1. The van der Waals surface area contributed by atoms with Crippen LogP contribution < -0.4 is 0 Å². The third-order valence-corrected chi connectivity index (χ3v) is 3.49. The quantitative estimate of drug-likeness (QED) is 0.732. The van der Waals surface area contributed by atoms with E-state index in [2.05, 4.69) is 20.2 Å². The largest absolute Gasteiger partial charge is 0.478 e. The summed E-state index contributed by atoms with van der Waals surface area (Å²) < 4.78 is 1.81. The smallest absolute Gasteiger partial charge is 0.339 e. The van der Waals surface area contributed by atoms with Crippen LogP contribution in [0.3, 0.4) is 0 Å². The van der Waals surface area contributed by atoms with Crippen molar-refractivity contribution in [2.45, 2.75) is 17.2 Å². The summed E-state index contributed by atoms with van der Waals surface area (Å²) in [5, 5.41) is 18.1. The highest BCUT2D eigenvalue weighted by atomic mass is 32.2. The summed E-state index contributed by atoms with van der Waals surface area (Å²) in [4.78, 5) is 19.1. The first kappa shape index (κ1) is 12.5. The Bertz CT molecular complexity index is 801. The molecule has 0 bridgehead atoms. The van der Waals surface area contributed by atoms with Gasteiger partial charge in [-0.25, -0.2) is 14.8 Å². The van der Waals surface area contributed by atoms with Gasteiger partial charge in [0.2, 0.25) is 5.16 Å². The summed E-state index contributed by atoms with van der Waals surface area (Å²) in [5.74, 6) is -1.04. The van der Waals surface area contributed by atoms with Crippen LogP contribution in [0.2, 0.25) is 0 Å². The first-order valence-electron chi connectivity index (χ1n) is 5.69. The van der Waals surface area contributed by atoms with Crippen LogP contribution in [0, 0.1) is 6.92 Å². The Morgan fingerprint density at radius 3 is 2.95 bits per heavy atom. The summed E-state index contributed by atoms with van der Waals surface area (Å²) in [6.45, 7) is 1.64. The highest BCUT2D eigenvalue weighted by Gasteiger charge is 2.13. The topological polar surface area (TPSA) is 93.3 Å². The lowest BCUT2D eigenvalue weighted by Gasteiger charge is -2.02. The van der Waals surface area contributed by atoms with Crippen molar-refractivity contribution >= 4 is 23.4 Å². The average molecular weight is 287 g/mol. The molecule has 0 unspecified atom stereocenters. The number of carboxylic acids is 1. The van der Waals surface area contributed by atoms with Gasteiger partial charge in [-0.1, -0.05) is 6.07 Å². The fraction of sp³-hybridized carbons (Fsp3) is 0.0833. The normalized spacial score (nSPS) is 10.8. The van der Waals surface area contributed by atoms with Gasteiger partial charge in [0.1, 0.15) is 0 Å². The van der Waals surface area contributed by atoms with Gasteiger partial charge in [0.05, 0.1) is 11.3 Å². The van der Waals surface area contributed by atoms with Crippen molar-refractivity contribution in [2.75, 3.05) is 0 Å². The van der Waals surface area contributed by atoms with Crippen molar-refractivity contribution in [1.82, 2.24) is 24.6 Å². The minimum atomic E-state index is -1.04. The molecule has 3 aromatic heterocycles. The molecule has 0 radical (unpaired) electrons. The Morgan fingerprint density at radius 2 is 2.20 bits per heavy atom. The fourth-order valence-electron chi connectivity index (χ4n) is 1.68. The van der Waals surface area contributed by atoms with E-state index in [0.29, 0.717) is 16.0 Å². The molecule has 0 aromatic carbocycles. The maximum absolute atomic E-state index is 10.9. The van der Waals surface area contributed by atoms with Crippen molar-refractivity contribution in [1.29, 1.82) is 0 Å². The number of aromatic nitrogens is 5. The summed E-state index contributed by atoms with van der Waals surface area (Å²) in [6, 6.07) is 5.59. The van der Waals surface area contributed by atoms with E-state index in [1.807, 2.05) is 28.8 Å². The van der Waals surface area contributed by atoms with Crippen LogP contribution in [0.4, 0.5) is 0 Å². The Morgan fingerprint density at radius 1 is 1.35 bits per heavy atom. The van der Waals surface area contributed by atoms with Gasteiger partial charge in [-0.2, -0.15) is 0 Å². The molecule has 20 heavy (non-hydrogen) atoms. The fourth-order valence-corrected chi connectivity index (χ4v) is 2.46. The number of pyridine rings is 1. The van der Waals surface area contributed by atoms with E-state index in [0.717, 1.165) is 5.65 Å². The van der Waals surface area contributed by atoms with E-state index in [1.165, 1.54) is 18.0 Å². The van der Waals surface area contributed by atoms with Crippen LogP contribution in [-0.4, -0.2) is 35.6 Å². The van der Waals surface area contributed by atoms with Crippen LogP contribution in [0.5, 0.6) is 0 Å². The molecule has 3 heterocycles. The maximum Gasteiger partial charge on any atom is 0.339 e. The van der Waals surface area contributed by atoms with Crippen LogP contribution in [0.1, 0.15) is 16.1 Å². The molecule has 3 aromatic rings. The van der Waals surface area contributed by atoms with Crippen molar-refractivity contribution in [3.8, 4) is 0 Å². The number of hydrogen-bond acceptors (Lipinski definition) is 6. The zero-order valence-corrected chi connectivity index (χ0v) is 11.2. The Labute approximate surface area is 117 Å². The van der Waals surface area contributed by atoms with Crippen molar-refractivity contribution in [2.24, 2.45) is 0 Å². The molecule has 8 heteroatoms. The molecule has 0 spiro atoms. The first-order chi connectivity index (χ1) is 9.65. The molecular formula is C12H9N5O2S. The van der Waals surface area contributed by atoms with Crippen LogP contribution >= 0.6 is 11.8 Å². The molecule has 0 aliphatic heterocycles. The van der Waals surface area contributed by atoms with Crippen molar-refractivity contribution in [3.63, 3.8) is 0 Å². The van der Waals surface area contributed by atoms with E-state index in [1.54, 1.807) is 6.92 Å². The number of rotatable bonds is 3. The zero-order valence-electron chi connectivity index (χ0n) is 10.4. The number of carbonyl (C=O) groups is 1. The minimum Gasteiger partial charge on any atom is -0.478 e. The molecule has 3 rings (SSSR count). The molecule has 0 saturated carbocycles. The molecular weight excluding hydrogens is 278 g/mol. The number of nitrogens with zero attached hydrogens (tertiary/aromatic N) is 5. The molecule has 1 N–H and O–H groups in total. The lowest BCUT2D eigenvalue weighted by molar-refractivity contribution is 0.0695. The minimum absolute atomic E-state index is 0.0976. The number of carboxylic acid groups (broad SMARTS) is 1. The summed E-state index contributed by atoms with van der Waals surface area (Å²) in [6.07, 6.45) is 3.15. The molecule has 7 nitrogen and oxygen atoms in total. The van der Waals surface area contributed by atoms with Gasteiger partial charge in [0.25, 0.3) is 0 Å². The van der Waals surface area contributed by atoms with Gasteiger partial charge in [-0.3, -0.25) is 4.40 Å². The predicted molar refractivity (Wildman–Crippen MR) is 70.8 cm³/mol. The third-order valence-electron chi connectivity index (χ3n) is 2.65. The van der Waals surface area contributed by atoms with E-state index >= 15 is 0 Å². The van der Waals surface area contributed by atoms with Gasteiger partial charge in [-0.15, -0.1) is 10.2 Å². The lowest BCUT2D eigenvalue weighted by Crippen LogP contribution is -2.04. The number of hydrogen-bond donors (Lipinski definition) is 1. The molecule has 0 saturated heterocycles. The molecule has 100 valence electrons. The Hall–Kier alpha value is -2.48. The Balaban J connectivity index is 1.95. The van der Waals surface area contributed by atoms with Crippen LogP contribution in [-0.2, 0) is 0 Å². The lowest BCUT2D eigenvalue weighted by atomic mass is 10.2. The standard InChI is InChI=1S/C12H9N5O2S/c1-7-8(10(18)19)6-13-11(14-7)20-12-16-15-9-4-2-3-5-17(9)12/h2-6H,1H3,(H,18,19). The SMILES string of the molecule is Cc1nc(Sc2nnc3ccccn23)ncc1C(=O)O. The second kappa shape index (κ2) is 4.89. The molecule has 0 atom stereocenters.